The van der Waals surface area contributed by atoms with Crippen molar-refractivity contribution in [3.63, 3.8) is 0 Å². The lowest BCUT2D eigenvalue weighted by Crippen LogP contribution is -2.49. The molecule has 0 amide bonds. The number of hydrogen-bond donors (Lipinski definition) is 0. The summed E-state index contributed by atoms with van der Waals surface area (Å²) in [6.07, 6.45) is -5.90. The van der Waals surface area contributed by atoms with Gasteiger partial charge in [-0.25, -0.2) is 19.2 Å². The summed E-state index contributed by atoms with van der Waals surface area (Å²) in [7, 11) is -4.32. The number of esters is 2. The Kier molecular flexibility index (Phi) is 9.75. The topological polar surface area (TPSA) is 175 Å². The number of nitrogens with zero attached hydrogens (tertiary/aromatic N) is 2. The van der Waals surface area contributed by atoms with E-state index >= 15 is 0 Å². The van der Waals surface area contributed by atoms with Crippen LogP contribution < -0.4 is 11.2 Å². The molecule has 45 heavy (non-hydrogen) atoms. The van der Waals surface area contributed by atoms with Crippen LogP contribution in [-0.2, 0) is 33.2 Å². The van der Waals surface area contributed by atoms with Crippen LogP contribution in [-0.4, -0.2) is 72.4 Å². The highest BCUT2D eigenvalue weighted by Crippen LogP contribution is 2.35. The fraction of sp³-hybridized carbons (Fsp3) is 0.367. The second-order valence-electron chi connectivity index (χ2n) is 11.2. The predicted octanol–water partition coefficient (Wildman–Crippen LogP) is 2.43. The minimum Gasteiger partial charge on any atom is -0.459 e. The average molecular weight is 645 g/mol. The van der Waals surface area contributed by atoms with Gasteiger partial charge < -0.3 is 18.9 Å². The van der Waals surface area contributed by atoms with Gasteiger partial charge in [-0.2, -0.15) is 13.0 Å². The van der Waals surface area contributed by atoms with Gasteiger partial charge in [0.05, 0.1) is 17.4 Å². The van der Waals surface area contributed by atoms with Crippen molar-refractivity contribution < 1.29 is 45.9 Å². The normalized spacial score (nSPS) is 19.9. The molecule has 1 aliphatic rings. The molecule has 2 aromatic carbocycles. The Morgan fingerprint density at radius 3 is 1.98 bits per heavy atom. The second kappa shape index (κ2) is 13.2. The molecule has 15 heteroatoms. The van der Waals surface area contributed by atoms with Gasteiger partial charge in [-0.3, -0.25) is 13.5 Å². The molecule has 0 N–H and O–H groups in total. The Morgan fingerprint density at radius 2 is 1.44 bits per heavy atom. The third-order valence-electron chi connectivity index (χ3n) is 6.35. The number of rotatable bonds is 8. The fourth-order valence-electron chi connectivity index (χ4n) is 4.44. The van der Waals surface area contributed by atoms with Crippen LogP contribution >= 0.6 is 0 Å². The fourth-order valence-corrected chi connectivity index (χ4v) is 5.05. The van der Waals surface area contributed by atoms with E-state index < -0.39 is 76.1 Å². The van der Waals surface area contributed by atoms with Crippen molar-refractivity contribution in [1.82, 2.24) is 9.13 Å². The average Bonchev–Trinajstić information content (AvgIpc) is 3.28. The molecule has 2 heterocycles. The van der Waals surface area contributed by atoms with Gasteiger partial charge in [-0.15, -0.1) is 0 Å². The summed E-state index contributed by atoms with van der Waals surface area (Å²) >= 11 is 0. The molecular formula is C30H32N2O12S. The molecule has 0 aliphatic carbocycles. The number of carbonyl (C=O) groups is 3. The van der Waals surface area contributed by atoms with E-state index in [0.717, 1.165) is 17.0 Å². The van der Waals surface area contributed by atoms with Crippen LogP contribution in [0.25, 0.3) is 0 Å². The summed E-state index contributed by atoms with van der Waals surface area (Å²) in [5.41, 5.74) is -3.12. The minimum atomic E-state index is -4.32. The Labute approximate surface area is 258 Å². The summed E-state index contributed by atoms with van der Waals surface area (Å²) < 4.78 is 53.5. The number of aryl methyl sites for hydroxylation is 1. The quantitative estimate of drug-likeness (QED) is 0.199. The lowest BCUT2D eigenvalue weighted by atomic mass is 10.1. The van der Waals surface area contributed by atoms with Gasteiger partial charge in [-0.1, -0.05) is 36.4 Å². The maximum absolute atomic E-state index is 13.6. The zero-order chi connectivity index (χ0) is 33.1. The number of aromatic nitrogens is 2. The first kappa shape index (κ1) is 33.3. The molecule has 0 saturated carbocycles. The number of carbonyl (C=O) groups excluding carboxylic acids is 3. The van der Waals surface area contributed by atoms with Crippen molar-refractivity contribution >= 4 is 28.1 Å². The predicted molar refractivity (Wildman–Crippen MR) is 157 cm³/mol. The molecule has 1 fully saturated rings. The Hall–Kier alpha value is -4.60. The van der Waals surface area contributed by atoms with Crippen LogP contribution in [0.1, 0.15) is 53.3 Å². The molecular weight excluding hydrogens is 612 g/mol. The second-order valence-corrected chi connectivity index (χ2v) is 12.8. The van der Waals surface area contributed by atoms with Gasteiger partial charge in [0.25, 0.3) is 15.7 Å². The Bertz CT molecular complexity index is 1790. The first-order valence-electron chi connectivity index (χ1n) is 13.7. The van der Waals surface area contributed by atoms with Gasteiger partial charge in [0.2, 0.25) is 0 Å². The third kappa shape index (κ3) is 8.12. The van der Waals surface area contributed by atoms with Gasteiger partial charge in [0.1, 0.15) is 18.3 Å². The molecule has 14 nitrogen and oxygen atoms in total. The zero-order valence-corrected chi connectivity index (χ0v) is 25.9. The highest BCUT2D eigenvalue weighted by molar-refractivity contribution is 7.86. The SMILES string of the molecule is Cc1cn([C@@H]2O[C@H](COC(=O)c3ccccc3)[C@@H](OC(=O)c3ccccc3)[C@H]2OS(C)(=O)=O)c(=O)n(C(=O)OC(C)(C)C)c1=O. The Morgan fingerprint density at radius 1 is 0.889 bits per heavy atom. The Balaban J connectivity index is 1.80. The van der Waals surface area contributed by atoms with Crippen LogP contribution in [0.3, 0.4) is 0 Å². The summed E-state index contributed by atoms with van der Waals surface area (Å²) in [5.74, 6) is -1.66. The van der Waals surface area contributed by atoms with Crippen molar-refractivity contribution in [3.05, 3.63) is 104 Å². The maximum Gasteiger partial charge on any atom is 0.425 e. The molecule has 0 bridgehead atoms. The summed E-state index contributed by atoms with van der Waals surface area (Å²) in [6, 6.07) is 15.7. The van der Waals surface area contributed by atoms with Crippen LogP contribution in [0.2, 0.25) is 0 Å². The minimum absolute atomic E-state index is 0.102. The zero-order valence-electron chi connectivity index (χ0n) is 25.1. The van der Waals surface area contributed by atoms with Crippen LogP contribution in [0.15, 0.2) is 76.4 Å². The van der Waals surface area contributed by atoms with Crippen molar-refractivity contribution in [3.8, 4) is 0 Å². The molecule has 1 aliphatic heterocycles. The molecule has 4 atom stereocenters. The van der Waals surface area contributed by atoms with E-state index in [1.807, 2.05) is 0 Å². The van der Waals surface area contributed by atoms with Crippen molar-refractivity contribution in [2.24, 2.45) is 0 Å². The number of benzene rings is 2. The molecule has 4 rings (SSSR count). The maximum atomic E-state index is 13.6. The van der Waals surface area contributed by atoms with Crippen molar-refractivity contribution in [2.75, 3.05) is 12.9 Å². The van der Waals surface area contributed by atoms with Crippen molar-refractivity contribution in [1.29, 1.82) is 0 Å². The van der Waals surface area contributed by atoms with Gasteiger partial charge in [0.15, 0.2) is 18.4 Å². The van der Waals surface area contributed by atoms with Crippen LogP contribution in [0.4, 0.5) is 4.79 Å². The summed E-state index contributed by atoms with van der Waals surface area (Å²) in [6.45, 7) is 5.35. The van der Waals surface area contributed by atoms with E-state index in [4.69, 9.17) is 23.1 Å². The summed E-state index contributed by atoms with van der Waals surface area (Å²) in [4.78, 5) is 65.3. The smallest absolute Gasteiger partial charge is 0.425 e. The van der Waals surface area contributed by atoms with E-state index in [9.17, 15) is 32.4 Å². The molecule has 3 aromatic rings. The van der Waals surface area contributed by atoms with Crippen molar-refractivity contribution in [2.45, 2.75) is 57.8 Å². The number of ether oxygens (including phenoxy) is 4. The third-order valence-corrected chi connectivity index (χ3v) is 6.92. The molecule has 0 unspecified atom stereocenters. The van der Waals surface area contributed by atoms with E-state index in [0.29, 0.717) is 0 Å². The lowest BCUT2D eigenvalue weighted by molar-refractivity contribution is -0.0606. The highest BCUT2D eigenvalue weighted by atomic mass is 32.2. The largest absolute Gasteiger partial charge is 0.459 e. The lowest BCUT2D eigenvalue weighted by Gasteiger charge is -2.25. The molecule has 1 aromatic heterocycles. The molecule has 0 radical (unpaired) electrons. The monoisotopic (exact) mass is 644 g/mol. The highest BCUT2D eigenvalue weighted by Gasteiger charge is 2.52. The van der Waals surface area contributed by atoms with E-state index in [-0.39, 0.29) is 21.3 Å². The van der Waals surface area contributed by atoms with Gasteiger partial charge >= 0.3 is 23.7 Å². The van der Waals surface area contributed by atoms with E-state index in [2.05, 4.69) is 0 Å². The molecule has 240 valence electrons. The summed E-state index contributed by atoms with van der Waals surface area (Å²) in [5, 5.41) is 0. The number of hydrogen-bond acceptors (Lipinski definition) is 12. The van der Waals surface area contributed by atoms with E-state index in [1.54, 1.807) is 36.4 Å². The molecule has 0 spiro atoms. The van der Waals surface area contributed by atoms with Gasteiger partial charge in [0, 0.05) is 11.8 Å². The standard InChI is InChI=1S/C30H32N2O12S/c1-18-16-31(28(36)32(24(18)33)29(37)43-30(2,3)4)25-23(44-45(5,38)39)22(42-27(35)20-14-10-7-11-15-20)21(41-25)17-40-26(34)19-12-8-6-9-13-19/h6-16,21-23,25H,17H2,1-5H3/t21-,22-,23-,25-/m1/s1. The van der Waals surface area contributed by atoms with Gasteiger partial charge in [-0.05, 0) is 52.0 Å². The first-order chi connectivity index (χ1) is 21.1. The molecule has 1 saturated heterocycles. The van der Waals surface area contributed by atoms with E-state index in [1.165, 1.54) is 52.0 Å². The first-order valence-corrected chi connectivity index (χ1v) is 15.5. The van der Waals surface area contributed by atoms with Crippen LogP contribution in [0, 0.1) is 6.92 Å². The van der Waals surface area contributed by atoms with Crippen LogP contribution in [0.5, 0.6) is 0 Å².